The molecular formula is C29H33F2N3O3. The molecule has 2 N–H and O–H groups in total. The van der Waals surface area contributed by atoms with Gasteiger partial charge in [0.25, 0.3) is 11.5 Å². The lowest BCUT2D eigenvalue weighted by Gasteiger charge is -2.35. The summed E-state index contributed by atoms with van der Waals surface area (Å²) in [6, 6.07) is 9.87. The summed E-state index contributed by atoms with van der Waals surface area (Å²) in [5.41, 5.74) is 3.31. The van der Waals surface area contributed by atoms with E-state index in [0.717, 1.165) is 35.6 Å². The van der Waals surface area contributed by atoms with Crippen molar-refractivity contribution in [3.63, 3.8) is 0 Å². The van der Waals surface area contributed by atoms with Crippen molar-refractivity contribution in [2.45, 2.75) is 46.6 Å². The Morgan fingerprint density at radius 3 is 2.46 bits per heavy atom. The van der Waals surface area contributed by atoms with Gasteiger partial charge in [-0.05, 0) is 49.4 Å². The summed E-state index contributed by atoms with van der Waals surface area (Å²) in [7, 11) is 0. The number of aromatic amines is 1. The second-order valence-corrected chi connectivity index (χ2v) is 9.66. The van der Waals surface area contributed by atoms with E-state index in [4.69, 9.17) is 0 Å². The molecule has 0 atom stereocenters. The number of amides is 1. The Kier molecular flexibility index (Phi) is 8.07. The number of nitrogens with zero attached hydrogens (tertiary/aromatic N) is 2. The maximum absolute atomic E-state index is 14.1. The summed E-state index contributed by atoms with van der Waals surface area (Å²) in [4.78, 5) is 32.9. The van der Waals surface area contributed by atoms with Crippen molar-refractivity contribution in [3.8, 4) is 16.9 Å². The normalized spacial score (nSPS) is 14.2. The van der Waals surface area contributed by atoms with Crippen molar-refractivity contribution in [1.29, 1.82) is 0 Å². The molecule has 0 spiro atoms. The molecule has 8 heteroatoms. The summed E-state index contributed by atoms with van der Waals surface area (Å²) >= 11 is 0. The van der Waals surface area contributed by atoms with Crippen molar-refractivity contribution >= 4 is 5.91 Å². The van der Waals surface area contributed by atoms with Gasteiger partial charge in [0.2, 0.25) is 0 Å². The van der Waals surface area contributed by atoms with Crippen LogP contribution in [0.1, 0.15) is 52.5 Å². The van der Waals surface area contributed by atoms with Crippen molar-refractivity contribution < 1.29 is 18.7 Å². The Morgan fingerprint density at radius 2 is 1.76 bits per heavy atom. The summed E-state index contributed by atoms with van der Waals surface area (Å²) in [6.45, 7) is 7.67. The number of aromatic hydroxyl groups is 1. The molecule has 2 aromatic carbocycles. The van der Waals surface area contributed by atoms with Crippen LogP contribution in [-0.4, -0.2) is 52.0 Å². The summed E-state index contributed by atoms with van der Waals surface area (Å²) in [6.07, 6.45) is 2.32. The third-order valence-electron chi connectivity index (χ3n) is 7.22. The lowest BCUT2D eigenvalue weighted by atomic mass is 9.92. The van der Waals surface area contributed by atoms with Gasteiger partial charge in [0.05, 0.1) is 0 Å². The number of carbonyl (C=O) groups is 1. The van der Waals surface area contributed by atoms with Crippen molar-refractivity contribution in [3.05, 3.63) is 86.3 Å². The second-order valence-electron chi connectivity index (χ2n) is 9.66. The zero-order valence-electron chi connectivity index (χ0n) is 21.5. The number of carbonyl (C=O) groups excluding carboxylic acids is 1. The maximum Gasteiger partial charge on any atom is 0.264 e. The van der Waals surface area contributed by atoms with Crippen LogP contribution in [0.25, 0.3) is 11.1 Å². The van der Waals surface area contributed by atoms with Gasteiger partial charge in [0.1, 0.15) is 11.3 Å². The number of piperazine rings is 1. The number of hydrogen-bond acceptors (Lipinski definition) is 4. The first-order valence-electron chi connectivity index (χ1n) is 12.7. The highest BCUT2D eigenvalue weighted by atomic mass is 19.2. The van der Waals surface area contributed by atoms with Gasteiger partial charge in [-0.3, -0.25) is 14.5 Å². The molecule has 4 rings (SSSR count). The molecule has 3 aromatic rings. The van der Waals surface area contributed by atoms with Gasteiger partial charge in [-0.2, -0.15) is 0 Å². The number of nitrogens with one attached hydrogen (secondary N) is 1. The van der Waals surface area contributed by atoms with E-state index in [9.17, 15) is 23.5 Å². The zero-order chi connectivity index (χ0) is 26.7. The summed E-state index contributed by atoms with van der Waals surface area (Å²) in [5, 5.41) is 11.4. The van der Waals surface area contributed by atoms with Gasteiger partial charge in [-0.15, -0.1) is 0 Å². The molecule has 1 aromatic heterocycles. The Hall–Kier alpha value is -3.52. The molecule has 0 unspecified atom stereocenters. The highest BCUT2D eigenvalue weighted by molar-refractivity contribution is 5.99. The van der Waals surface area contributed by atoms with E-state index in [-0.39, 0.29) is 23.4 Å². The predicted octanol–water partition coefficient (Wildman–Crippen LogP) is 4.94. The fraction of sp³-hybridized carbons (Fsp3) is 0.379. The van der Waals surface area contributed by atoms with Crippen LogP contribution in [0, 0.1) is 25.5 Å². The number of rotatable bonds is 7. The standard InChI is InChI=1S/C29H33F2N3O3/c1-4-5-12-23-24(21-10-6-8-18(2)19(21)3)27(35)25(28(36)32-23)29(37)34-15-13-33(14-16-34)17-20-9-7-11-22(30)26(20)31/h6-11H,4-5,12-17H2,1-3H3,(H2,32,35,36). The van der Waals surface area contributed by atoms with Crippen LogP contribution >= 0.6 is 0 Å². The van der Waals surface area contributed by atoms with E-state index in [0.29, 0.717) is 43.9 Å². The Balaban J connectivity index is 1.61. The van der Waals surface area contributed by atoms with Gasteiger partial charge in [0, 0.05) is 49.5 Å². The van der Waals surface area contributed by atoms with Crippen LogP contribution in [0.15, 0.2) is 41.2 Å². The molecule has 0 aliphatic carbocycles. The second kappa shape index (κ2) is 11.3. The topological polar surface area (TPSA) is 76.6 Å². The largest absolute Gasteiger partial charge is 0.506 e. The predicted molar refractivity (Wildman–Crippen MR) is 140 cm³/mol. The van der Waals surface area contributed by atoms with Gasteiger partial charge >= 0.3 is 0 Å². The summed E-state index contributed by atoms with van der Waals surface area (Å²) in [5.74, 6) is -2.58. The lowest BCUT2D eigenvalue weighted by molar-refractivity contribution is 0.0622. The first kappa shape index (κ1) is 26.5. The number of aromatic nitrogens is 1. The van der Waals surface area contributed by atoms with E-state index in [2.05, 4.69) is 11.9 Å². The minimum atomic E-state index is -0.886. The first-order chi connectivity index (χ1) is 17.7. The van der Waals surface area contributed by atoms with Gasteiger partial charge in [-0.1, -0.05) is 43.7 Å². The van der Waals surface area contributed by atoms with Crippen LogP contribution in [0.2, 0.25) is 0 Å². The molecule has 1 aliphatic heterocycles. The number of aryl methyl sites for hydroxylation is 2. The highest BCUT2D eigenvalue weighted by Gasteiger charge is 2.30. The minimum absolute atomic E-state index is 0.223. The minimum Gasteiger partial charge on any atom is -0.506 e. The van der Waals surface area contributed by atoms with Gasteiger partial charge < -0.3 is 15.0 Å². The number of hydrogen-bond donors (Lipinski definition) is 2. The SMILES string of the molecule is CCCCc1[nH]c(=O)c(C(=O)N2CCN(Cc3cccc(F)c3F)CC2)c(O)c1-c1cccc(C)c1C. The van der Waals surface area contributed by atoms with E-state index in [1.54, 1.807) is 6.07 Å². The van der Waals surface area contributed by atoms with Crippen molar-refractivity contribution in [1.82, 2.24) is 14.8 Å². The van der Waals surface area contributed by atoms with E-state index < -0.39 is 23.1 Å². The number of halogens is 2. The molecular weight excluding hydrogens is 476 g/mol. The Morgan fingerprint density at radius 1 is 1.05 bits per heavy atom. The monoisotopic (exact) mass is 509 g/mol. The van der Waals surface area contributed by atoms with Crippen LogP contribution in [0.4, 0.5) is 8.78 Å². The van der Waals surface area contributed by atoms with Crippen LogP contribution in [0.3, 0.4) is 0 Å². The summed E-state index contributed by atoms with van der Waals surface area (Å²) < 4.78 is 27.6. The van der Waals surface area contributed by atoms with E-state index >= 15 is 0 Å². The molecule has 0 bridgehead atoms. The lowest BCUT2D eigenvalue weighted by Crippen LogP contribution is -2.49. The molecule has 1 saturated heterocycles. The van der Waals surface area contributed by atoms with Crippen LogP contribution < -0.4 is 5.56 Å². The molecule has 0 saturated carbocycles. The van der Waals surface area contributed by atoms with Gasteiger partial charge in [-0.25, -0.2) is 8.78 Å². The molecule has 1 fully saturated rings. The van der Waals surface area contributed by atoms with Crippen molar-refractivity contribution in [2.75, 3.05) is 26.2 Å². The number of pyridine rings is 1. The van der Waals surface area contributed by atoms with E-state index in [1.807, 2.05) is 36.9 Å². The molecule has 2 heterocycles. The third kappa shape index (κ3) is 5.44. The highest BCUT2D eigenvalue weighted by Crippen LogP contribution is 2.37. The Bertz CT molecular complexity index is 1360. The number of H-pyrrole nitrogens is 1. The van der Waals surface area contributed by atoms with Gasteiger partial charge in [0.15, 0.2) is 11.6 Å². The third-order valence-corrected chi connectivity index (χ3v) is 7.22. The molecule has 1 amide bonds. The number of unbranched alkanes of at least 4 members (excludes halogenated alkanes) is 1. The number of benzene rings is 2. The van der Waals surface area contributed by atoms with Crippen molar-refractivity contribution in [2.24, 2.45) is 0 Å². The first-order valence-corrected chi connectivity index (χ1v) is 12.7. The molecule has 1 aliphatic rings. The zero-order valence-corrected chi connectivity index (χ0v) is 21.5. The maximum atomic E-state index is 14.1. The average Bonchev–Trinajstić information content (AvgIpc) is 2.88. The molecule has 196 valence electrons. The average molecular weight is 510 g/mol. The Labute approximate surface area is 215 Å². The quantitative estimate of drug-likeness (QED) is 0.473. The van der Waals surface area contributed by atoms with E-state index in [1.165, 1.54) is 11.0 Å². The van der Waals surface area contributed by atoms with Crippen LogP contribution in [-0.2, 0) is 13.0 Å². The fourth-order valence-electron chi connectivity index (χ4n) is 4.87. The fourth-order valence-corrected chi connectivity index (χ4v) is 4.87. The molecule has 6 nitrogen and oxygen atoms in total. The van der Waals surface area contributed by atoms with Crippen LogP contribution in [0.5, 0.6) is 5.75 Å². The molecule has 0 radical (unpaired) electrons. The smallest absolute Gasteiger partial charge is 0.264 e. The molecule has 37 heavy (non-hydrogen) atoms.